The van der Waals surface area contributed by atoms with Crippen LogP contribution in [0.3, 0.4) is 0 Å². The molecule has 2 aromatic rings. The van der Waals surface area contributed by atoms with Gasteiger partial charge < -0.3 is 14.6 Å². The van der Waals surface area contributed by atoms with Gasteiger partial charge in [-0.25, -0.2) is 4.39 Å². The van der Waals surface area contributed by atoms with Gasteiger partial charge in [-0.05, 0) is 29.7 Å². The number of phenols is 1. The third kappa shape index (κ3) is 3.28. The summed E-state index contributed by atoms with van der Waals surface area (Å²) >= 11 is 0. The van der Waals surface area contributed by atoms with E-state index in [4.69, 9.17) is 4.74 Å². The Kier molecular flexibility index (Phi) is 4.19. The number of ether oxygens (including phenoxy) is 2. The van der Waals surface area contributed by atoms with Gasteiger partial charge in [-0.3, -0.25) is 4.79 Å². The smallest absolute Gasteiger partial charge is 0.309 e. The lowest BCUT2D eigenvalue weighted by Crippen LogP contribution is -2.09. The van der Waals surface area contributed by atoms with Crippen LogP contribution in [-0.4, -0.2) is 24.8 Å². The molecule has 0 bridgehead atoms. The van der Waals surface area contributed by atoms with E-state index < -0.39 is 5.82 Å². The van der Waals surface area contributed by atoms with Crippen molar-refractivity contribution in [1.82, 2.24) is 0 Å². The van der Waals surface area contributed by atoms with E-state index in [0.29, 0.717) is 12.0 Å². The Balaban J connectivity index is 1.71. The summed E-state index contributed by atoms with van der Waals surface area (Å²) in [5.41, 5.74) is 1.38. The van der Waals surface area contributed by atoms with Crippen molar-refractivity contribution in [1.29, 1.82) is 0 Å². The number of aromatic hydroxyl groups is 1. The first kappa shape index (κ1) is 15.3. The molecule has 2 atom stereocenters. The van der Waals surface area contributed by atoms with Gasteiger partial charge in [-0.1, -0.05) is 30.3 Å². The molecule has 3 rings (SSSR count). The molecule has 0 heterocycles. The van der Waals surface area contributed by atoms with E-state index >= 15 is 0 Å². The number of methoxy groups -OCH3 is 1. The summed E-state index contributed by atoms with van der Waals surface area (Å²) in [7, 11) is 1.34. The highest BCUT2D eigenvalue weighted by molar-refractivity contribution is 5.75. The maximum atomic E-state index is 14.2. The Morgan fingerprint density at radius 1 is 1.26 bits per heavy atom. The zero-order chi connectivity index (χ0) is 16.4. The molecule has 2 aromatic carbocycles. The van der Waals surface area contributed by atoms with Crippen LogP contribution in [0.15, 0.2) is 42.5 Å². The summed E-state index contributed by atoms with van der Waals surface area (Å²) in [4.78, 5) is 11.3. The molecule has 1 N–H and O–H groups in total. The molecule has 1 fully saturated rings. The van der Waals surface area contributed by atoms with Crippen molar-refractivity contribution in [3.05, 3.63) is 48.3 Å². The van der Waals surface area contributed by atoms with Crippen molar-refractivity contribution in [3.63, 3.8) is 0 Å². The van der Waals surface area contributed by atoms with E-state index in [-0.39, 0.29) is 35.9 Å². The maximum absolute atomic E-state index is 14.2. The fourth-order valence-electron chi connectivity index (χ4n) is 2.58. The van der Waals surface area contributed by atoms with Gasteiger partial charge in [0.05, 0.1) is 19.6 Å². The molecule has 1 saturated carbocycles. The van der Waals surface area contributed by atoms with E-state index in [0.717, 1.165) is 5.56 Å². The first-order valence-corrected chi connectivity index (χ1v) is 7.38. The number of phenolic OH excluding ortho intramolecular Hbond substituents is 1. The lowest BCUT2D eigenvalue weighted by Gasteiger charge is -2.11. The number of esters is 1. The summed E-state index contributed by atoms with van der Waals surface area (Å²) in [5, 5.41) is 10.0. The normalized spacial score (nSPS) is 19.2. The molecule has 0 aromatic heterocycles. The Bertz CT molecular complexity index is 691. The van der Waals surface area contributed by atoms with Crippen LogP contribution in [0.25, 0.3) is 11.1 Å². The van der Waals surface area contributed by atoms with Gasteiger partial charge in [0.15, 0.2) is 17.3 Å². The van der Waals surface area contributed by atoms with Gasteiger partial charge in [-0.15, -0.1) is 0 Å². The van der Waals surface area contributed by atoms with Crippen LogP contribution < -0.4 is 4.74 Å². The minimum atomic E-state index is -0.626. The van der Waals surface area contributed by atoms with Crippen molar-refractivity contribution in [2.45, 2.75) is 6.42 Å². The summed E-state index contributed by atoms with van der Waals surface area (Å²) in [5.74, 6) is -1.51. The highest BCUT2D eigenvalue weighted by Crippen LogP contribution is 2.41. The van der Waals surface area contributed by atoms with Gasteiger partial charge >= 0.3 is 5.97 Å². The van der Waals surface area contributed by atoms with Gasteiger partial charge in [0, 0.05) is 5.92 Å². The quantitative estimate of drug-likeness (QED) is 0.859. The molecule has 23 heavy (non-hydrogen) atoms. The first-order chi connectivity index (χ1) is 11.1. The zero-order valence-electron chi connectivity index (χ0n) is 12.7. The number of halogens is 1. The topological polar surface area (TPSA) is 55.8 Å². The van der Waals surface area contributed by atoms with Crippen LogP contribution in [0.5, 0.6) is 11.5 Å². The second-order valence-electron chi connectivity index (χ2n) is 5.61. The number of benzene rings is 2. The van der Waals surface area contributed by atoms with Crippen LogP contribution in [0.2, 0.25) is 0 Å². The number of rotatable bonds is 5. The van der Waals surface area contributed by atoms with Crippen molar-refractivity contribution in [3.8, 4) is 22.6 Å². The highest BCUT2D eigenvalue weighted by Gasteiger charge is 2.44. The number of carbonyl (C=O) groups is 1. The van der Waals surface area contributed by atoms with Crippen molar-refractivity contribution >= 4 is 5.97 Å². The molecule has 5 heteroatoms. The highest BCUT2D eigenvalue weighted by atomic mass is 19.1. The maximum Gasteiger partial charge on any atom is 0.309 e. The second-order valence-corrected chi connectivity index (χ2v) is 5.61. The molecule has 0 radical (unpaired) electrons. The fraction of sp³-hybridized carbons (Fsp3) is 0.278. The van der Waals surface area contributed by atoms with E-state index in [1.54, 1.807) is 0 Å². The van der Waals surface area contributed by atoms with Gasteiger partial charge in [0.1, 0.15) is 0 Å². The van der Waals surface area contributed by atoms with E-state index in [2.05, 4.69) is 4.74 Å². The van der Waals surface area contributed by atoms with Crippen molar-refractivity contribution in [2.75, 3.05) is 13.7 Å². The lowest BCUT2D eigenvalue weighted by molar-refractivity contribution is -0.142. The molecule has 0 saturated heterocycles. The first-order valence-electron chi connectivity index (χ1n) is 7.38. The van der Waals surface area contributed by atoms with Crippen molar-refractivity contribution in [2.24, 2.45) is 11.8 Å². The number of hydrogen-bond donors (Lipinski definition) is 1. The van der Waals surface area contributed by atoms with E-state index in [9.17, 15) is 14.3 Å². The molecule has 1 aliphatic rings. The second kappa shape index (κ2) is 6.28. The minimum absolute atomic E-state index is 0.00931. The summed E-state index contributed by atoms with van der Waals surface area (Å²) in [6.07, 6.45) is 0.664. The number of hydrogen-bond acceptors (Lipinski definition) is 4. The SMILES string of the molecule is COC(=O)C1CC1COc1c(O)cc(-c2ccccc2)cc1F. The van der Waals surface area contributed by atoms with Crippen LogP contribution in [0.4, 0.5) is 4.39 Å². The van der Waals surface area contributed by atoms with Crippen LogP contribution >= 0.6 is 0 Å². The Morgan fingerprint density at radius 3 is 2.65 bits per heavy atom. The molecule has 4 nitrogen and oxygen atoms in total. The lowest BCUT2D eigenvalue weighted by atomic mass is 10.1. The molecule has 1 aliphatic carbocycles. The summed E-state index contributed by atoms with van der Waals surface area (Å²) in [6, 6.07) is 12.0. The Morgan fingerprint density at radius 2 is 2.00 bits per heavy atom. The monoisotopic (exact) mass is 316 g/mol. The largest absolute Gasteiger partial charge is 0.504 e. The van der Waals surface area contributed by atoms with Crippen LogP contribution in [0, 0.1) is 17.7 Å². The van der Waals surface area contributed by atoms with E-state index in [1.807, 2.05) is 30.3 Å². The molecule has 0 spiro atoms. The molecular weight excluding hydrogens is 299 g/mol. The molecular formula is C18H17FO4. The summed E-state index contributed by atoms with van der Waals surface area (Å²) in [6.45, 7) is 0.176. The molecule has 0 aliphatic heterocycles. The average molecular weight is 316 g/mol. The Labute approximate surface area is 133 Å². The number of carbonyl (C=O) groups excluding carboxylic acids is 1. The summed E-state index contributed by atoms with van der Waals surface area (Å²) < 4.78 is 24.2. The van der Waals surface area contributed by atoms with Gasteiger partial charge in [-0.2, -0.15) is 0 Å². The molecule has 0 amide bonds. The molecule has 120 valence electrons. The standard InChI is InChI=1S/C18H17FO4/c1-22-18(21)14-7-13(14)10-23-17-15(19)8-12(9-16(17)20)11-5-3-2-4-6-11/h2-6,8-9,13-14,20H,7,10H2,1H3. The van der Waals surface area contributed by atoms with Gasteiger partial charge in [0.2, 0.25) is 0 Å². The Hall–Kier alpha value is -2.56. The zero-order valence-corrected chi connectivity index (χ0v) is 12.7. The third-order valence-electron chi connectivity index (χ3n) is 4.00. The van der Waals surface area contributed by atoms with Gasteiger partial charge in [0.25, 0.3) is 0 Å². The third-order valence-corrected chi connectivity index (χ3v) is 4.00. The predicted octanol–water partition coefficient (Wildman–Crippen LogP) is 3.39. The van der Waals surface area contributed by atoms with E-state index in [1.165, 1.54) is 19.2 Å². The van der Waals surface area contributed by atoms with Crippen LogP contribution in [0.1, 0.15) is 6.42 Å². The van der Waals surface area contributed by atoms with Crippen LogP contribution in [-0.2, 0) is 9.53 Å². The van der Waals surface area contributed by atoms with Crippen molar-refractivity contribution < 1.29 is 23.8 Å². The average Bonchev–Trinajstić information content (AvgIpc) is 3.33. The predicted molar refractivity (Wildman–Crippen MR) is 82.6 cm³/mol. The fourth-order valence-corrected chi connectivity index (χ4v) is 2.58. The minimum Gasteiger partial charge on any atom is -0.504 e. The molecule has 2 unspecified atom stereocenters.